The highest BCUT2D eigenvalue weighted by molar-refractivity contribution is 14.0. The standard InChI is InChI=1S/C15H26N4S.HI/c1-3-16-15(17-9-8-14-7-5-11-20-14)18-12-13-6-4-10-19(13)2;/h5,7,11,13H,3-4,6,8-10,12H2,1-2H3,(H2,16,17,18);1H. The van der Waals surface area contributed by atoms with E-state index in [-0.39, 0.29) is 24.0 Å². The number of likely N-dealkylation sites (tertiary alicyclic amines) is 1. The molecule has 0 saturated carbocycles. The number of likely N-dealkylation sites (N-methyl/N-ethyl adjacent to an activating group) is 1. The summed E-state index contributed by atoms with van der Waals surface area (Å²) >= 11 is 1.82. The van der Waals surface area contributed by atoms with Gasteiger partial charge in [0, 0.05) is 24.0 Å². The first-order valence-electron chi connectivity index (χ1n) is 7.54. The smallest absolute Gasteiger partial charge is 0.191 e. The second-order valence-corrected chi connectivity index (χ2v) is 6.28. The van der Waals surface area contributed by atoms with Crippen molar-refractivity contribution in [2.45, 2.75) is 32.2 Å². The van der Waals surface area contributed by atoms with Crippen LogP contribution in [0, 0.1) is 0 Å². The second-order valence-electron chi connectivity index (χ2n) is 5.25. The van der Waals surface area contributed by atoms with Crippen molar-refractivity contribution in [1.29, 1.82) is 0 Å². The van der Waals surface area contributed by atoms with Crippen LogP contribution in [0.15, 0.2) is 22.5 Å². The first-order valence-corrected chi connectivity index (χ1v) is 8.42. The average Bonchev–Trinajstić information content (AvgIpc) is 3.08. The maximum Gasteiger partial charge on any atom is 0.191 e. The molecule has 1 atom stereocenters. The molecule has 21 heavy (non-hydrogen) atoms. The molecule has 2 heterocycles. The minimum Gasteiger partial charge on any atom is -0.357 e. The Morgan fingerprint density at radius 1 is 1.48 bits per heavy atom. The topological polar surface area (TPSA) is 39.7 Å². The van der Waals surface area contributed by atoms with Crippen molar-refractivity contribution in [3.8, 4) is 0 Å². The average molecular weight is 422 g/mol. The number of aliphatic imine (C=N–C) groups is 1. The molecule has 0 aromatic carbocycles. The lowest BCUT2D eigenvalue weighted by molar-refractivity contribution is 0.317. The van der Waals surface area contributed by atoms with Gasteiger partial charge in [0.15, 0.2) is 5.96 Å². The van der Waals surface area contributed by atoms with Crippen molar-refractivity contribution >= 4 is 41.3 Å². The highest BCUT2D eigenvalue weighted by Gasteiger charge is 2.20. The van der Waals surface area contributed by atoms with E-state index in [1.807, 2.05) is 11.3 Å². The van der Waals surface area contributed by atoms with Gasteiger partial charge in [-0.1, -0.05) is 6.07 Å². The number of hydrogen-bond donors (Lipinski definition) is 2. The Morgan fingerprint density at radius 3 is 2.95 bits per heavy atom. The molecule has 120 valence electrons. The molecular weight excluding hydrogens is 395 g/mol. The number of thiophene rings is 1. The van der Waals surface area contributed by atoms with Crippen molar-refractivity contribution in [3.05, 3.63) is 22.4 Å². The van der Waals surface area contributed by atoms with Crippen LogP contribution in [0.2, 0.25) is 0 Å². The monoisotopic (exact) mass is 422 g/mol. The Morgan fingerprint density at radius 2 is 2.33 bits per heavy atom. The molecule has 1 unspecified atom stereocenters. The Hall–Kier alpha value is -0.340. The lowest BCUT2D eigenvalue weighted by Crippen LogP contribution is -2.39. The van der Waals surface area contributed by atoms with E-state index >= 15 is 0 Å². The number of guanidine groups is 1. The fourth-order valence-corrected chi connectivity index (χ4v) is 3.22. The first kappa shape index (κ1) is 18.7. The fourth-order valence-electron chi connectivity index (χ4n) is 2.51. The molecule has 1 aromatic rings. The van der Waals surface area contributed by atoms with Crippen molar-refractivity contribution in [2.75, 3.05) is 33.2 Å². The lowest BCUT2D eigenvalue weighted by Gasteiger charge is -2.18. The summed E-state index contributed by atoms with van der Waals surface area (Å²) in [4.78, 5) is 8.56. The van der Waals surface area contributed by atoms with Gasteiger partial charge < -0.3 is 15.5 Å². The van der Waals surface area contributed by atoms with Gasteiger partial charge in [-0.15, -0.1) is 35.3 Å². The Labute approximate surface area is 149 Å². The fraction of sp³-hybridized carbons (Fsp3) is 0.667. The van der Waals surface area contributed by atoms with Crippen LogP contribution in [0.1, 0.15) is 24.6 Å². The van der Waals surface area contributed by atoms with Crippen LogP contribution in [0.5, 0.6) is 0 Å². The van der Waals surface area contributed by atoms with E-state index in [1.54, 1.807) is 0 Å². The molecule has 2 N–H and O–H groups in total. The molecule has 4 nitrogen and oxygen atoms in total. The summed E-state index contributed by atoms with van der Waals surface area (Å²) in [5.74, 6) is 0.948. The summed E-state index contributed by atoms with van der Waals surface area (Å²) in [7, 11) is 2.20. The first-order chi connectivity index (χ1) is 9.79. The molecule has 1 aromatic heterocycles. The molecule has 0 amide bonds. The Kier molecular flexibility index (Phi) is 9.26. The predicted molar refractivity (Wildman–Crippen MR) is 103 cm³/mol. The molecule has 6 heteroatoms. The normalized spacial score (nSPS) is 19.3. The third-order valence-corrected chi connectivity index (χ3v) is 4.66. The summed E-state index contributed by atoms with van der Waals surface area (Å²) in [5, 5.41) is 8.88. The van der Waals surface area contributed by atoms with Crippen molar-refractivity contribution in [3.63, 3.8) is 0 Å². The molecule has 0 radical (unpaired) electrons. The maximum absolute atomic E-state index is 4.72. The second kappa shape index (κ2) is 10.4. The zero-order chi connectivity index (χ0) is 14.2. The van der Waals surface area contributed by atoms with Gasteiger partial charge in [0.25, 0.3) is 0 Å². The van der Waals surface area contributed by atoms with E-state index in [0.29, 0.717) is 6.04 Å². The van der Waals surface area contributed by atoms with Gasteiger partial charge in [-0.3, -0.25) is 4.99 Å². The zero-order valence-electron chi connectivity index (χ0n) is 13.0. The van der Waals surface area contributed by atoms with Crippen LogP contribution < -0.4 is 10.6 Å². The van der Waals surface area contributed by atoms with E-state index in [9.17, 15) is 0 Å². The molecule has 1 fully saturated rings. The van der Waals surface area contributed by atoms with Gasteiger partial charge in [-0.2, -0.15) is 0 Å². The number of nitrogens with one attached hydrogen (secondary N) is 2. The van der Waals surface area contributed by atoms with E-state index in [1.165, 1.54) is 24.3 Å². The SMILES string of the molecule is CCNC(=NCC1CCCN1C)NCCc1cccs1.I. The number of rotatable bonds is 6. The molecule has 1 aliphatic heterocycles. The van der Waals surface area contributed by atoms with E-state index in [2.05, 4.69) is 47.0 Å². The van der Waals surface area contributed by atoms with Crippen LogP contribution >= 0.6 is 35.3 Å². The summed E-state index contributed by atoms with van der Waals surface area (Å²) in [6.45, 7) is 6.06. The lowest BCUT2D eigenvalue weighted by atomic mass is 10.2. The third-order valence-electron chi connectivity index (χ3n) is 3.72. The van der Waals surface area contributed by atoms with E-state index in [4.69, 9.17) is 4.99 Å². The molecular formula is C15H27IN4S. The number of nitrogens with zero attached hydrogens (tertiary/aromatic N) is 2. The Balaban J connectivity index is 0.00000220. The molecule has 0 aliphatic carbocycles. The predicted octanol–water partition coefficient (Wildman–Crippen LogP) is 2.56. The van der Waals surface area contributed by atoms with Gasteiger partial charge in [-0.05, 0) is 51.2 Å². The quantitative estimate of drug-likeness (QED) is 0.421. The van der Waals surface area contributed by atoms with Crippen molar-refractivity contribution in [2.24, 2.45) is 4.99 Å². The largest absolute Gasteiger partial charge is 0.357 e. The molecule has 1 aliphatic rings. The van der Waals surface area contributed by atoms with Crippen LogP contribution in [0.3, 0.4) is 0 Å². The Bertz CT molecular complexity index is 408. The van der Waals surface area contributed by atoms with Crippen LogP contribution in [-0.4, -0.2) is 50.1 Å². The van der Waals surface area contributed by atoms with Crippen molar-refractivity contribution < 1.29 is 0 Å². The van der Waals surface area contributed by atoms with E-state index < -0.39 is 0 Å². The van der Waals surface area contributed by atoms with Crippen LogP contribution in [0.25, 0.3) is 0 Å². The minimum atomic E-state index is 0. The highest BCUT2D eigenvalue weighted by atomic mass is 127. The molecule has 1 saturated heterocycles. The highest BCUT2D eigenvalue weighted by Crippen LogP contribution is 2.14. The summed E-state index contributed by atoms with van der Waals surface area (Å²) in [6.07, 6.45) is 3.64. The van der Waals surface area contributed by atoms with Crippen LogP contribution in [0.4, 0.5) is 0 Å². The van der Waals surface area contributed by atoms with Gasteiger partial charge in [0.05, 0.1) is 6.54 Å². The van der Waals surface area contributed by atoms with Crippen LogP contribution in [-0.2, 0) is 6.42 Å². The third kappa shape index (κ3) is 6.52. The molecule has 0 spiro atoms. The summed E-state index contributed by atoms with van der Waals surface area (Å²) in [6, 6.07) is 4.90. The number of halogens is 1. The molecule has 2 rings (SSSR count). The van der Waals surface area contributed by atoms with Gasteiger partial charge in [0.1, 0.15) is 0 Å². The summed E-state index contributed by atoms with van der Waals surface area (Å²) in [5.41, 5.74) is 0. The van der Waals surface area contributed by atoms with Gasteiger partial charge in [-0.25, -0.2) is 0 Å². The van der Waals surface area contributed by atoms with Gasteiger partial charge in [0.2, 0.25) is 0 Å². The maximum atomic E-state index is 4.72. The summed E-state index contributed by atoms with van der Waals surface area (Å²) < 4.78 is 0. The zero-order valence-corrected chi connectivity index (χ0v) is 16.1. The van der Waals surface area contributed by atoms with E-state index in [0.717, 1.165) is 32.0 Å². The minimum absolute atomic E-state index is 0. The van der Waals surface area contributed by atoms with Gasteiger partial charge >= 0.3 is 0 Å². The van der Waals surface area contributed by atoms with Crippen molar-refractivity contribution in [1.82, 2.24) is 15.5 Å². The number of hydrogen-bond acceptors (Lipinski definition) is 3. The molecule has 0 bridgehead atoms.